The van der Waals surface area contributed by atoms with Gasteiger partial charge in [-0.1, -0.05) is 12.1 Å². The predicted octanol–water partition coefficient (Wildman–Crippen LogP) is 1.12. The highest BCUT2D eigenvalue weighted by Gasteiger charge is 2.12. The summed E-state index contributed by atoms with van der Waals surface area (Å²) >= 11 is 0. The van der Waals surface area contributed by atoms with Gasteiger partial charge < -0.3 is 20.7 Å². The fourth-order valence-electron chi connectivity index (χ4n) is 1.95. The van der Waals surface area contributed by atoms with Crippen LogP contribution in [0.4, 0.5) is 5.69 Å². The minimum absolute atomic E-state index is 0.230. The first-order chi connectivity index (χ1) is 9.54. The molecule has 0 aliphatic rings. The molecule has 0 aliphatic heterocycles. The highest BCUT2D eigenvalue weighted by molar-refractivity contribution is 5.79. The summed E-state index contributed by atoms with van der Waals surface area (Å²) in [5, 5.41) is 3.29. The van der Waals surface area contributed by atoms with Gasteiger partial charge in [-0.25, -0.2) is 0 Å². The first kappa shape index (κ1) is 16.5. The van der Waals surface area contributed by atoms with Gasteiger partial charge in [-0.05, 0) is 31.5 Å². The molecule has 0 radical (unpaired) electrons. The number of ether oxygens (including phenoxy) is 1. The Balaban J connectivity index is 2.61. The zero-order valence-corrected chi connectivity index (χ0v) is 12.6. The third-order valence-corrected chi connectivity index (χ3v) is 3.03. The maximum absolute atomic E-state index is 11.1. The van der Waals surface area contributed by atoms with E-state index in [4.69, 9.17) is 10.5 Å². The Morgan fingerprint density at radius 3 is 2.50 bits per heavy atom. The van der Waals surface area contributed by atoms with Gasteiger partial charge in [0.2, 0.25) is 5.91 Å². The van der Waals surface area contributed by atoms with Gasteiger partial charge in [-0.3, -0.25) is 4.79 Å². The SMILES string of the molecule is COCCNCc1ccc(N(CC(N)=O)C(C)C)cc1. The fourth-order valence-corrected chi connectivity index (χ4v) is 1.95. The van der Waals surface area contributed by atoms with E-state index in [1.807, 2.05) is 30.9 Å². The number of nitrogens with one attached hydrogen (secondary N) is 1. The van der Waals surface area contributed by atoms with E-state index >= 15 is 0 Å². The Labute approximate surface area is 121 Å². The Morgan fingerprint density at radius 2 is 2.00 bits per heavy atom. The summed E-state index contributed by atoms with van der Waals surface area (Å²) in [6.45, 7) is 6.67. The number of rotatable bonds is 9. The number of carbonyl (C=O) groups excluding carboxylic acids is 1. The van der Waals surface area contributed by atoms with Crippen LogP contribution >= 0.6 is 0 Å². The minimum Gasteiger partial charge on any atom is -0.383 e. The molecule has 0 heterocycles. The van der Waals surface area contributed by atoms with E-state index in [-0.39, 0.29) is 18.5 Å². The van der Waals surface area contributed by atoms with E-state index in [2.05, 4.69) is 17.4 Å². The average Bonchev–Trinajstić information content (AvgIpc) is 2.41. The molecule has 0 fully saturated rings. The normalized spacial score (nSPS) is 10.8. The lowest BCUT2D eigenvalue weighted by Gasteiger charge is -2.27. The Bertz CT molecular complexity index is 404. The molecular formula is C15H25N3O2. The first-order valence-corrected chi connectivity index (χ1v) is 6.88. The van der Waals surface area contributed by atoms with Crippen molar-refractivity contribution in [3.63, 3.8) is 0 Å². The molecule has 0 spiro atoms. The molecule has 0 unspecified atom stereocenters. The van der Waals surface area contributed by atoms with Gasteiger partial charge in [0.25, 0.3) is 0 Å². The van der Waals surface area contributed by atoms with Crippen molar-refractivity contribution in [1.82, 2.24) is 5.32 Å². The van der Waals surface area contributed by atoms with Gasteiger partial charge >= 0.3 is 0 Å². The van der Waals surface area contributed by atoms with E-state index in [1.165, 1.54) is 5.56 Å². The topological polar surface area (TPSA) is 67.6 Å². The molecule has 0 saturated carbocycles. The van der Waals surface area contributed by atoms with Crippen LogP contribution in [0.15, 0.2) is 24.3 Å². The van der Waals surface area contributed by atoms with E-state index in [9.17, 15) is 4.79 Å². The van der Waals surface area contributed by atoms with Gasteiger partial charge in [0, 0.05) is 31.9 Å². The average molecular weight is 279 g/mol. The molecule has 0 aromatic heterocycles. The van der Waals surface area contributed by atoms with Crippen molar-refractivity contribution in [2.75, 3.05) is 31.7 Å². The number of hydrogen-bond donors (Lipinski definition) is 2. The van der Waals surface area contributed by atoms with Gasteiger partial charge in [-0.15, -0.1) is 0 Å². The van der Waals surface area contributed by atoms with Crippen LogP contribution in [0.5, 0.6) is 0 Å². The Hall–Kier alpha value is -1.59. The largest absolute Gasteiger partial charge is 0.383 e. The van der Waals surface area contributed by atoms with Crippen LogP contribution < -0.4 is 16.0 Å². The smallest absolute Gasteiger partial charge is 0.236 e. The molecule has 0 aliphatic carbocycles. The number of carbonyl (C=O) groups is 1. The molecular weight excluding hydrogens is 254 g/mol. The summed E-state index contributed by atoms with van der Waals surface area (Å²) in [7, 11) is 1.69. The summed E-state index contributed by atoms with van der Waals surface area (Å²) in [5.74, 6) is -0.316. The summed E-state index contributed by atoms with van der Waals surface area (Å²) in [6, 6.07) is 8.40. The Kier molecular flexibility index (Phi) is 7.04. The van der Waals surface area contributed by atoms with Crippen molar-refractivity contribution >= 4 is 11.6 Å². The molecule has 5 heteroatoms. The molecule has 3 N–H and O–H groups in total. The van der Waals surface area contributed by atoms with Crippen LogP contribution in [0.1, 0.15) is 19.4 Å². The second-order valence-electron chi connectivity index (χ2n) is 5.02. The molecule has 112 valence electrons. The number of hydrogen-bond acceptors (Lipinski definition) is 4. The lowest BCUT2D eigenvalue weighted by molar-refractivity contribution is -0.116. The van der Waals surface area contributed by atoms with Crippen molar-refractivity contribution in [2.24, 2.45) is 5.73 Å². The van der Waals surface area contributed by atoms with Crippen molar-refractivity contribution < 1.29 is 9.53 Å². The van der Waals surface area contributed by atoms with Crippen molar-refractivity contribution in [3.05, 3.63) is 29.8 Å². The van der Waals surface area contributed by atoms with Crippen LogP contribution in [-0.4, -0.2) is 38.8 Å². The zero-order chi connectivity index (χ0) is 15.0. The number of methoxy groups -OCH3 is 1. The number of anilines is 1. The Morgan fingerprint density at radius 1 is 1.35 bits per heavy atom. The maximum atomic E-state index is 11.1. The van der Waals surface area contributed by atoms with E-state index in [0.717, 1.165) is 18.8 Å². The molecule has 20 heavy (non-hydrogen) atoms. The highest BCUT2D eigenvalue weighted by atomic mass is 16.5. The van der Waals surface area contributed by atoms with Crippen molar-refractivity contribution in [2.45, 2.75) is 26.4 Å². The standard InChI is InChI=1S/C15H25N3O2/c1-12(2)18(11-15(16)19)14-6-4-13(5-7-14)10-17-8-9-20-3/h4-7,12,17H,8-11H2,1-3H3,(H2,16,19). The maximum Gasteiger partial charge on any atom is 0.236 e. The van der Waals surface area contributed by atoms with Crippen molar-refractivity contribution in [1.29, 1.82) is 0 Å². The third-order valence-electron chi connectivity index (χ3n) is 3.03. The molecule has 0 atom stereocenters. The number of nitrogens with zero attached hydrogens (tertiary/aromatic N) is 1. The molecule has 1 amide bonds. The summed E-state index contributed by atoms with van der Waals surface area (Å²) in [5.41, 5.74) is 7.51. The monoisotopic (exact) mass is 279 g/mol. The molecule has 1 aromatic carbocycles. The zero-order valence-electron chi connectivity index (χ0n) is 12.6. The van der Waals surface area contributed by atoms with Gasteiger partial charge in [0.05, 0.1) is 13.2 Å². The first-order valence-electron chi connectivity index (χ1n) is 6.88. The molecule has 1 rings (SSSR count). The molecule has 0 saturated heterocycles. The van der Waals surface area contributed by atoms with Gasteiger partial charge in [0.1, 0.15) is 0 Å². The summed E-state index contributed by atoms with van der Waals surface area (Å²) in [4.78, 5) is 13.1. The number of nitrogens with two attached hydrogens (primary N) is 1. The van der Waals surface area contributed by atoms with E-state index in [0.29, 0.717) is 6.61 Å². The second kappa shape index (κ2) is 8.55. The van der Waals surface area contributed by atoms with Gasteiger partial charge in [-0.2, -0.15) is 0 Å². The molecule has 0 bridgehead atoms. The fraction of sp³-hybridized carbons (Fsp3) is 0.533. The summed E-state index contributed by atoms with van der Waals surface area (Å²) < 4.78 is 4.98. The number of amides is 1. The van der Waals surface area contributed by atoms with Crippen LogP contribution in [0.3, 0.4) is 0 Å². The lowest BCUT2D eigenvalue weighted by atomic mass is 10.1. The summed E-state index contributed by atoms with van der Waals surface area (Å²) in [6.07, 6.45) is 0. The van der Waals surface area contributed by atoms with Crippen LogP contribution in [0, 0.1) is 0 Å². The van der Waals surface area contributed by atoms with E-state index < -0.39 is 0 Å². The van der Waals surface area contributed by atoms with Gasteiger partial charge in [0.15, 0.2) is 0 Å². The van der Waals surface area contributed by atoms with Crippen LogP contribution in [-0.2, 0) is 16.1 Å². The lowest BCUT2D eigenvalue weighted by Crippen LogP contribution is -2.38. The van der Waals surface area contributed by atoms with E-state index in [1.54, 1.807) is 7.11 Å². The van der Waals surface area contributed by atoms with Crippen molar-refractivity contribution in [3.8, 4) is 0 Å². The number of primary amides is 1. The minimum atomic E-state index is -0.316. The molecule has 5 nitrogen and oxygen atoms in total. The third kappa shape index (κ3) is 5.59. The highest BCUT2D eigenvalue weighted by Crippen LogP contribution is 2.17. The van der Waals surface area contributed by atoms with Crippen LogP contribution in [0.2, 0.25) is 0 Å². The molecule has 1 aromatic rings. The quantitative estimate of drug-likeness (QED) is 0.665. The number of benzene rings is 1. The predicted molar refractivity (Wildman–Crippen MR) is 81.7 cm³/mol. The second-order valence-corrected chi connectivity index (χ2v) is 5.02. The van der Waals surface area contributed by atoms with Crippen LogP contribution in [0.25, 0.3) is 0 Å².